The molecular weight excluding hydrogens is 469 g/mol. The van der Waals surface area contributed by atoms with Gasteiger partial charge in [0.2, 0.25) is 0 Å². The molecule has 2 aromatic heterocycles. The Labute approximate surface area is 215 Å². The lowest BCUT2D eigenvalue weighted by molar-refractivity contribution is 0.0533. The molecule has 8 heteroatoms. The summed E-state index contributed by atoms with van der Waals surface area (Å²) in [5.74, 6) is -0.803. The van der Waals surface area contributed by atoms with E-state index < -0.39 is 5.82 Å². The number of piperazine rings is 1. The molecule has 4 aromatic rings. The zero-order chi connectivity index (χ0) is 25.8. The highest BCUT2D eigenvalue weighted by molar-refractivity contribution is 5.95. The van der Waals surface area contributed by atoms with Gasteiger partial charge in [0.25, 0.3) is 11.5 Å². The topological polar surface area (TPSA) is 74.2 Å². The molecule has 0 spiro atoms. The van der Waals surface area contributed by atoms with Crippen molar-refractivity contribution in [3.63, 3.8) is 0 Å². The lowest BCUT2D eigenvalue weighted by Gasteiger charge is -2.39. The van der Waals surface area contributed by atoms with Crippen molar-refractivity contribution in [3.05, 3.63) is 100.0 Å². The second-order valence-electron chi connectivity index (χ2n) is 9.69. The fourth-order valence-electron chi connectivity index (χ4n) is 5.26. The van der Waals surface area contributed by atoms with Crippen molar-refractivity contribution >= 4 is 16.7 Å². The molecule has 0 radical (unpaired) electrons. The summed E-state index contributed by atoms with van der Waals surface area (Å²) in [6.45, 7) is 5.81. The number of fused-ring (bicyclic) bond motifs is 1. The van der Waals surface area contributed by atoms with Crippen LogP contribution in [0.15, 0.2) is 71.8 Å². The molecule has 3 heterocycles. The van der Waals surface area contributed by atoms with Crippen LogP contribution >= 0.6 is 0 Å². The van der Waals surface area contributed by atoms with E-state index >= 15 is 0 Å². The van der Waals surface area contributed by atoms with Crippen LogP contribution in [0.3, 0.4) is 0 Å². The quantitative estimate of drug-likeness (QED) is 0.395. The summed E-state index contributed by atoms with van der Waals surface area (Å²) in [7, 11) is 0. The molecule has 0 aliphatic carbocycles. The summed E-state index contributed by atoms with van der Waals surface area (Å²) in [6.07, 6.45) is 6.75. The van der Waals surface area contributed by atoms with Crippen LogP contribution in [0.4, 0.5) is 4.39 Å². The smallest absolute Gasteiger partial charge is 0.272 e. The Kier molecular flexibility index (Phi) is 7.46. The highest BCUT2D eigenvalue weighted by atomic mass is 19.1. The van der Waals surface area contributed by atoms with Crippen LogP contribution in [0.25, 0.3) is 10.8 Å². The largest absolute Gasteiger partial charge is 0.353 e. The molecule has 1 atom stereocenters. The first-order valence-electron chi connectivity index (χ1n) is 12.9. The molecular formula is C29H32FN5O2. The average molecular weight is 502 g/mol. The van der Waals surface area contributed by atoms with Gasteiger partial charge in [-0.05, 0) is 42.3 Å². The van der Waals surface area contributed by atoms with Crippen molar-refractivity contribution in [1.82, 2.24) is 24.6 Å². The van der Waals surface area contributed by atoms with Gasteiger partial charge in [-0.25, -0.2) is 9.49 Å². The predicted octanol–water partition coefficient (Wildman–Crippen LogP) is 4.08. The predicted molar refractivity (Wildman–Crippen MR) is 142 cm³/mol. The second-order valence-corrected chi connectivity index (χ2v) is 9.69. The van der Waals surface area contributed by atoms with Crippen LogP contribution in [-0.2, 0) is 13.0 Å². The van der Waals surface area contributed by atoms with Gasteiger partial charge in [0.05, 0.1) is 16.6 Å². The molecule has 37 heavy (non-hydrogen) atoms. The van der Waals surface area contributed by atoms with Gasteiger partial charge in [0.15, 0.2) is 0 Å². The van der Waals surface area contributed by atoms with Crippen LogP contribution in [0, 0.1) is 5.82 Å². The number of rotatable bonds is 8. The summed E-state index contributed by atoms with van der Waals surface area (Å²) in [5.41, 5.74) is 1.28. The number of H-pyrrole nitrogens is 1. The highest BCUT2D eigenvalue weighted by Crippen LogP contribution is 2.21. The summed E-state index contributed by atoms with van der Waals surface area (Å²) in [4.78, 5) is 29.7. The Morgan fingerprint density at radius 3 is 2.49 bits per heavy atom. The number of carbonyl (C=O) groups is 1. The summed E-state index contributed by atoms with van der Waals surface area (Å²) in [6, 6.07) is 16.4. The van der Waals surface area contributed by atoms with Crippen LogP contribution in [0.1, 0.15) is 41.4 Å². The molecule has 1 N–H and O–H groups in total. The number of carbonyl (C=O) groups excluding carboxylic acids is 1. The normalized spacial score (nSPS) is 15.2. The van der Waals surface area contributed by atoms with Crippen molar-refractivity contribution in [2.75, 3.05) is 26.2 Å². The molecule has 7 nitrogen and oxygen atoms in total. The van der Waals surface area contributed by atoms with Crippen LogP contribution in [0.2, 0.25) is 0 Å². The maximum atomic E-state index is 14.8. The van der Waals surface area contributed by atoms with Crippen molar-refractivity contribution in [2.45, 2.75) is 38.8 Å². The number of nitrogens with zero attached hydrogens (tertiary/aromatic N) is 4. The highest BCUT2D eigenvalue weighted by Gasteiger charge is 2.28. The van der Waals surface area contributed by atoms with Crippen LogP contribution in [-0.4, -0.2) is 62.7 Å². The van der Waals surface area contributed by atoms with Gasteiger partial charge in [0.1, 0.15) is 5.82 Å². The third-order valence-corrected chi connectivity index (χ3v) is 7.24. The van der Waals surface area contributed by atoms with E-state index in [4.69, 9.17) is 0 Å². The Hall–Kier alpha value is -3.78. The van der Waals surface area contributed by atoms with Crippen LogP contribution < -0.4 is 5.56 Å². The Balaban J connectivity index is 1.28. The maximum absolute atomic E-state index is 14.8. The van der Waals surface area contributed by atoms with Gasteiger partial charge in [-0.2, -0.15) is 5.10 Å². The molecule has 5 rings (SSSR count). The van der Waals surface area contributed by atoms with E-state index in [1.54, 1.807) is 29.2 Å². The lowest BCUT2D eigenvalue weighted by Crippen LogP contribution is -2.53. The third kappa shape index (κ3) is 5.49. The number of benzene rings is 2. The fraction of sp³-hybridized carbons (Fsp3) is 0.345. The monoisotopic (exact) mass is 501 g/mol. The van der Waals surface area contributed by atoms with Crippen molar-refractivity contribution < 1.29 is 9.18 Å². The van der Waals surface area contributed by atoms with E-state index in [1.165, 1.54) is 6.07 Å². The molecule has 2 aromatic carbocycles. The minimum absolute atomic E-state index is 0.0807. The Morgan fingerprint density at radius 2 is 1.76 bits per heavy atom. The van der Waals surface area contributed by atoms with Gasteiger partial charge >= 0.3 is 0 Å². The molecule has 1 aliphatic rings. The molecule has 1 aliphatic heterocycles. The number of hydrogen-bond acceptors (Lipinski definition) is 4. The number of aromatic amines is 1. The molecule has 0 saturated carbocycles. The van der Waals surface area contributed by atoms with Gasteiger partial charge in [-0.1, -0.05) is 37.6 Å². The zero-order valence-corrected chi connectivity index (χ0v) is 21.1. The van der Waals surface area contributed by atoms with E-state index in [-0.39, 0.29) is 17.0 Å². The molecule has 1 amide bonds. The summed E-state index contributed by atoms with van der Waals surface area (Å²) < 4.78 is 17.0. The Bertz CT molecular complexity index is 1420. The van der Waals surface area contributed by atoms with Crippen molar-refractivity contribution in [3.8, 4) is 0 Å². The number of amides is 1. The molecule has 1 unspecified atom stereocenters. The van der Waals surface area contributed by atoms with E-state index in [2.05, 4.69) is 39.0 Å². The first-order chi connectivity index (χ1) is 18.0. The number of nitrogens with one attached hydrogen (secondary N) is 1. The third-order valence-electron chi connectivity index (χ3n) is 7.24. The van der Waals surface area contributed by atoms with Gasteiger partial charge in [-0.15, -0.1) is 0 Å². The maximum Gasteiger partial charge on any atom is 0.272 e. The number of hydrogen-bond donors (Lipinski definition) is 1. The molecule has 192 valence electrons. The first kappa shape index (κ1) is 24.9. The number of aromatic nitrogens is 3. The van der Waals surface area contributed by atoms with E-state index in [1.807, 2.05) is 24.3 Å². The minimum Gasteiger partial charge on any atom is -0.353 e. The Morgan fingerprint density at radius 1 is 1.03 bits per heavy atom. The average Bonchev–Trinajstić information content (AvgIpc) is 3.44. The van der Waals surface area contributed by atoms with Crippen molar-refractivity contribution in [1.29, 1.82) is 0 Å². The number of halogens is 1. The van der Waals surface area contributed by atoms with Crippen molar-refractivity contribution in [2.24, 2.45) is 0 Å². The zero-order valence-electron chi connectivity index (χ0n) is 21.1. The SMILES string of the molecule is CCCC(Cn1cccc1)N1CCN(C(=O)c2cc(Cc3n[nH]c(=O)c4ccccc34)ccc2F)CC1. The minimum atomic E-state index is -0.521. The van der Waals surface area contributed by atoms with Crippen LogP contribution in [0.5, 0.6) is 0 Å². The summed E-state index contributed by atoms with van der Waals surface area (Å²) in [5, 5.41) is 8.07. The summed E-state index contributed by atoms with van der Waals surface area (Å²) >= 11 is 0. The van der Waals surface area contributed by atoms with E-state index in [0.717, 1.165) is 43.4 Å². The van der Waals surface area contributed by atoms with Gasteiger partial charge < -0.3 is 9.47 Å². The first-order valence-corrected chi connectivity index (χ1v) is 12.9. The van der Waals surface area contributed by atoms with E-state index in [9.17, 15) is 14.0 Å². The van der Waals surface area contributed by atoms with E-state index in [0.29, 0.717) is 36.6 Å². The lowest BCUT2D eigenvalue weighted by atomic mass is 10.0. The molecule has 0 bridgehead atoms. The molecule has 1 fully saturated rings. The van der Waals surface area contributed by atoms with Gasteiger partial charge in [0, 0.05) is 63.0 Å². The standard InChI is InChI=1S/C29H32FN5O2/c1-2-7-22(20-33-12-5-6-13-33)34-14-16-35(17-15-34)29(37)25-18-21(10-11-26(25)30)19-27-23-8-3-4-9-24(23)28(36)32-31-27/h3-6,8-13,18,22H,2,7,14-17,19-20H2,1H3,(H,32,36). The molecule has 1 saturated heterocycles. The second kappa shape index (κ2) is 11.1. The van der Waals surface area contributed by atoms with Gasteiger partial charge in [-0.3, -0.25) is 14.5 Å². The fourth-order valence-corrected chi connectivity index (χ4v) is 5.26.